The number of hydrogen-bond acceptors (Lipinski definition) is 2. The second-order valence-electron chi connectivity index (χ2n) is 4.47. The molecule has 0 unspecified atom stereocenters. The van der Waals surface area contributed by atoms with Gasteiger partial charge >= 0.3 is 0 Å². The molecule has 1 aromatic rings. The van der Waals surface area contributed by atoms with Crippen LogP contribution in [0, 0.1) is 5.92 Å². The molecule has 16 heavy (non-hydrogen) atoms. The molecule has 2 rings (SSSR count). The van der Waals surface area contributed by atoms with Crippen molar-refractivity contribution in [3.63, 3.8) is 0 Å². The second-order valence-corrected chi connectivity index (χ2v) is 5.83. The molecule has 0 spiro atoms. The van der Waals surface area contributed by atoms with Crippen LogP contribution >= 0.6 is 28.1 Å². The van der Waals surface area contributed by atoms with Crippen molar-refractivity contribution in [1.29, 1.82) is 0 Å². The van der Waals surface area contributed by atoms with Crippen LogP contribution in [0.4, 0.5) is 5.69 Å². The molecule has 0 aromatic heterocycles. The minimum atomic E-state index is 0.447. The molecule has 1 saturated carbocycles. The molecule has 1 aliphatic rings. The number of nitrogens with two attached hydrogens (primary N) is 1. The molecule has 0 aliphatic heterocycles. The summed E-state index contributed by atoms with van der Waals surface area (Å²) in [6.45, 7) is 2.27. The SMILES string of the molecule is CC1CC(Nc2cc(Br)ccc2C(N)=S)C1. The van der Waals surface area contributed by atoms with Crippen molar-refractivity contribution in [3.8, 4) is 0 Å². The number of hydrogen-bond donors (Lipinski definition) is 2. The quantitative estimate of drug-likeness (QED) is 0.841. The third-order valence-electron chi connectivity index (χ3n) is 2.98. The Hall–Kier alpha value is -0.610. The van der Waals surface area contributed by atoms with Gasteiger partial charge in [-0.2, -0.15) is 0 Å². The Balaban J connectivity index is 2.17. The van der Waals surface area contributed by atoms with Crippen molar-refractivity contribution >= 4 is 38.8 Å². The zero-order chi connectivity index (χ0) is 11.7. The summed E-state index contributed by atoms with van der Waals surface area (Å²) < 4.78 is 1.04. The first-order chi connectivity index (χ1) is 7.56. The molecular weight excluding hydrogens is 284 g/mol. The van der Waals surface area contributed by atoms with Gasteiger partial charge in [-0.25, -0.2) is 0 Å². The highest BCUT2D eigenvalue weighted by atomic mass is 79.9. The van der Waals surface area contributed by atoms with E-state index >= 15 is 0 Å². The summed E-state index contributed by atoms with van der Waals surface area (Å²) in [7, 11) is 0. The zero-order valence-electron chi connectivity index (χ0n) is 9.16. The Morgan fingerprint density at radius 3 is 2.75 bits per heavy atom. The molecule has 0 radical (unpaired) electrons. The van der Waals surface area contributed by atoms with Gasteiger partial charge in [0, 0.05) is 21.8 Å². The summed E-state index contributed by atoms with van der Waals surface area (Å²) in [6, 6.07) is 6.52. The maximum absolute atomic E-state index is 5.70. The van der Waals surface area contributed by atoms with Crippen LogP contribution in [0.2, 0.25) is 0 Å². The van der Waals surface area contributed by atoms with Crippen LogP contribution < -0.4 is 11.1 Å². The van der Waals surface area contributed by atoms with E-state index in [2.05, 4.69) is 28.2 Å². The van der Waals surface area contributed by atoms with Crippen molar-refractivity contribution in [3.05, 3.63) is 28.2 Å². The van der Waals surface area contributed by atoms with Gasteiger partial charge in [-0.15, -0.1) is 0 Å². The zero-order valence-corrected chi connectivity index (χ0v) is 11.6. The maximum Gasteiger partial charge on any atom is 0.106 e. The number of halogens is 1. The van der Waals surface area contributed by atoms with E-state index in [0.29, 0.717) is 11.0 Å². The van der Waals surface area contributed by atoms with Gasteiger partial charge in [-0.3, -0.25) is 0 Å². The second kappa shape index (κ2) is 4.72. The Labute approximate surface area is 110 Å². The average Bonchev–Trinajstić information content (AvgIpc) is 2.15. The molecule has 86 valence electrons. The minimum Gasteiger partial charge on any atom is -0.389 e. The number of nitrogens with one attached hydrogen (secondary N) is 1. The lowest BCUT2D eigenvalue weighted by molar-refractivity contribution is 0.309. The van der Waals surface area contributed by atoms with Crippen molar-refractivity contribution in [1.82, 2.24) is 0 Å². The molecule has 0 atom stereocenters. The molecule has 1 aromatic carbocycles. The maximum atomic E-state index is 5.70. The highest BCUT2D eigenvalue weighted by molar-refractivity contribution is 9.10. The topological polar surface area (TPSA) is 38.0 Å². The number of anilines is 1. The standard InChI is InChI=1S/C12H15BrN2S/c1-7-4-9(5-7)15-11-6-8(13)2-3-10(11)12(14)16/h2-3,6-7,9,15H,4-5H2,1H3,(H2,14,16). The Morgan fingerprint density at radius 2 is 2.19 bits per heavy atom. The van der Waals surface area contributed by atoms with E-state index in [0.717, 1.165) is 21.6 Å². The molecule has 0 bridgehead atoms. The molecule has 1 fully saturated rings. The van der Waals surface area contributed by atoms with Crippen LogP contribution in [-0.2, 0) is 0 Å². The van der Waals surface area contributed by atoms with Gasteiger partial charge in [0.2, 0.25) is 0 Å². The third kappa shape index (κ3) is 2.55. The van der Waals surface area contributed by atoms with Gasteiger partial charge < -0.3 is 11.1 Å². The van der Waals surface area contributed by atoms with E-state index in [4.69, 9.17) is 18.0 Å². The molecule has 0 saturated heterocycles. The van der Waals surface area contributed by atoms with Gasteiger partial charge in [0.05, 0.1) is 0 Å². The van der Waals surface area contributed by atoms with Crippen LogP contribution in [0.5, 0.6) is 0 Å². The van der Waals surface area contributed by atoms with E-state index < -0.39 is 0 Å². The highest BCUT2D eigenvalue weighted by Gasteiger charge is 2.25. The molecule has 1 aliphatic carbocycles. The molecule has 0 amide bonds. The van der Waals surface area contributed by atoms with Crippen molar-refractivity contribution in [2.24, 2.45) is 11.7 Å². The fourth-order valence-corrected chi connectivity index (χ4v) is 2.63. The average molecular weight is 299 g/mol. The molecule has 0 heterocycles. The smallest absolute Gasteiger partial charge is 0.106 e. The molecule has 4 heteroatoms. The Morgan fingerprint density at radius 1 is 1.50 bits per heavy atom. The van der Waals surface area contributed by atoms with Crippen molar-refractivity contribution in [2.45, 2.75) is 25.8 Å². The third-order valence-corrected chi connectivity index (χ3v) is 3.69. The van der Waals surface area contributed by atoms with Crippen LogP contribution in [0.1, 0.15) is 25.3 Å². The fraction of sp³-hybridized carbons (Fsp3) is 0.417. The van der Waals surface area contributed by atoms with Crippen molar-refractivity contribution < 1.29 is 0 Å². The summed E-state index contributed by atoms with van der Waals surface area (Å²) in [4.78, 5) is 0.447. The molecule has 3 N–H and O–H groups in total. The predicted molar refractivity (Wildman–Crippen MR) is 75.8 cm³/mol. The Kier molecular flexibility index (Phi) is 3.50. The number of thiocarbonyl (C=S) groups is 1. The summed E-state index contributed by atoms with van der Waals surface area (Å²) in [6.07, 6.45) is 2.45. The largest absolute Gasteiger partial charge is 0.389 e. The van der Waals surface area contributed by atoms with Gasteiger partial charge in [-0.05, 0) is 37.0 Å². The van der Waals surface area contributed by atoms with Gasteiger partial charge in [0.1, 0.15) is 4.99 Å². The van der Waals surface area contributed by atoms with Gasteiger partial charge in [0.25, 0.3) is 0 Å². The lowest BCUT2D eigenvalue weighted by atomic mass is 9.81. The monoisotopic (exact) mass is 298 g/mol. The van der Waals surface area contributed by atoms with Gasteiger partial charge in [0.15, 0.2) is 0 Å². The fourth-order valence-electron chi connectivity index (χ4n) is 2.09. The van der Waals surface area contributed by atoms with Crippen LogP contribution in [0.15, 0.2) is 22.7 Å². The van der Waals surface area contributed by atoms with Crippen LogP contribution in [0.3, 0.4) is 0 Å². The summed E-state index contributed by atoms with van der Waals surface area (Å²) in [5, 5.41) is 3.50. The van der Waals surface area contributed by atoms with E-state index in [1.165, 1.54) is 12.8 Å². The first-order valence-corrected chi connectivity index (χ1v) is 6.62. The summed E-state index contributed by atoms with van der Waals surface area (Å²) in [5.74, 6) is 0.831. The van der Waals surface area contributed by atoms with Crippen LogP contribution in [-0.4, -0.2) is 11.0 Å². The molecular formula is C12H15BrN2S. The first kappa shape index (κ1) is 11.9. The van der Waals surface area contributed by atoms with Crippen LogP contribution in [0.25, 0.3) is 0 Å². The summed E-state index contributed by atoms with van der Waals surface area (Å²) >= 11 is 8.51. The normalized spacial score (nSPS) is 23.6. The Bertz CT molecular complexity index is 413. The predicted octanol–water partition coefficient (Wildman–Crippen LogP) is 3.29. The van der Waals surface area contributed by atoms with E-state index in [1.807, 2.05) is 18.2 Å². The number of benzene rings is 1. The molecule has 2 nitrogen and oxygen atoms in total. The minimum absolute atomic E-state index is 0.447. The van der Waals surface area contributed by atoms with E-state index in [1.54, 1.807) is 0 Å². The van der Waals surface area contributed by atoms with Crippen molar-refractivity contribution in [2.75, 3.05) is 5.32 Å². The lowest BCUT2D eigenvalue weighted by Crippen LogP contribution is -2.34. The van der Waals surface area contributed by atoms with E-state index in [9.17, 15) is 0 Å². The first-order valence-electron chi connectivity index (χ1n) is 5.42. The van der Waals surface area contributed by atoms with E-state index in [-0.39, 0.29) is 0 Å². The number of rotatable bonds is 3. The van der Waals surface area contributed by atoms with Gasteiger partial charge in [-0.1, -0.05) is 35.1 Å². The highest BCUT2D eigenvalue weighted by Crippen LogP contribution is 2.31. The summed E-state index contributed by atoms with van der Waals surface area (Å²) in [5.41, 5.74) is 7.67. The lowest BCUT2D eigenvalue weighted by Gasteiger charge is -2.34.